The molecular weight excluding hydrogens is 347 g/mol. The molecule has 3 aromatic rings. The number of nitrogens with one attached hydrogen (secondary N) is 1. The molecule has 1 aliphatic rings. The quantitative estimate of drug-likeness (QED) is 0.684. The Bertz CT molecular complexity index is 913. The minimum Gasteiger partial charge on any atom is -0.489 e. The molecule has 0 fully saturated rings. The lowest BCUT2D eigenvalue weighted by Gasteiger charge is -2.11. The maximum atomic E-state index is 13.2. The number of nitrogens with zero attached hydrogens (tertiary/aromatic N) is 1. The van der Waals surface area contributed by atoms with Gasteiger partial charge in [0.25, 0.3) is 0 Å². The van der Waals surface area contributed by atoms with Crippen molar-refractivity contribution in [3.05, 3.63) is 101 Å². The van der Waals surface area contributed by atoms with E-state index >= 15 is 0 Å². The zero-order chi connectivity index (χ0) is 17.8. The highest BCUT2D eigenvalue weighted by Crippen LogP contribution is 2.34. The van der Waals surface area contributed by atoms with Gasteiger partial charge in [-0.25, -0.2) is 4.39 Å². The molecule has 5 heteroatoms. The highest BCUT2D eigenvalue weighted by Gasteiger charge is 2.21. The Kier molecular flexibility index (Phi) is 4.88. The van der Waals surface area contributed by atoms with Crippen LogP contribution in [0.4, 0.5) is 4.39 Å². The van der Waals surface area contributed by atoms with Gasteiger partial charge in [0, 0.05) is 5.56 Å². The lowest BCUT2D eigenvalue weighted by atomic mass is 10.2. The summed E-state index contributed by atoms with van der Waals surface area (Å²) in [6.07, 6.45) is 0. The van der Waals surface area contributed by atoms with Crippen molar-refractivity contribution < 1.29 is 9.13 Å². The number of hydrazone groups is 1. The van der Waals surface area contributed by atoms with Gasteiger partial charge in [0.2, 0.25) is 0 Å². The van der Waals surface area contributed by atoms with E-state index in [0.717, 1.165) is 27.5 Å². The van der Waals surface area contributed by atoms with Crippen molar-refractivity contribution in [2.24, 2.45) is 5.10 Å². The number of hydrogen-bond donors (Lipinski definition) is 1. The Morgan fingerprint density at radius 1 is 0.962 bits per heavy atom. The first-order valence-electron chi connectivity index (χ1n) is 8.30. The summed E-state index contributed by atoms with van der Waals surface area (Å²) in [5.74, 6) is 0.505. The van der Waals surface area contributed by atoms with E-state index in [1.807, 2.05) is 48.5 Å². The zero-order valence-corrected chi connectivity index (χ0v) is 14.7. The molecule has 130 valence electrons. The van der Waals surface area contributed by atoms with Gasteiger partial charge in [-0.2, -0.15) is 5.10 Å². The van der Waals surface area contributed by atoms with E-state index in [2.05, 4.69) is 22.7 Å². The summed E-state index contributed by atoms with van der Waals surface area (Å²) >= 11 is 1.69. The van der Waals surface area contributed by atoms with Crippen LogP contribution >= 0.6 is 11.8 Å². The summed E-state index contributed by atoms with van der Waals surface area (Å²) in [5, 5.41) is 5.51. The molecule has 0 amide bonds. The SMILES string of the molecule is Fc1cccc(COc2ccc([C@H]3NN=C(c4ccccc4)S3)cc2)c1. The van der Waals surface area contributed by atoms with Crippen molar-refractivity contribution in [2.45, 2.75) is 12.0 Å². The van der Waals surface area contributed by atoms with Crippen LogP contribution in [0.25, 0.3) is 0 Å². The van der Waals surface area contributed by atoms with E-state index < -0.39 is 0 Å². The van der Waals surface area contributed by atoms with E-state index in [4.69, 9.17) is 4.74 Å². The molecule has 0 saturated carbocycles. The van der Waals surface area contributed by atoms with Crippen molar-refractivity contribution in [2.75, 3.05) is 0 Å². The third-order valence-corrected chi connectivity index (χ3v) is 5.17. The van der Waals surface area contributed by atoms with E-state index in [1.165, 1.54) is 12.1 Å². The molecule has 3 nitrogen and oxygen atoms in total. The fourth-order valence-electron chi connectivity index (χ4n) is 2.67. The summed E-state index contributed by atoms with van der Waals surface area (Å²) in [6, 6.07) is 24.5. The first kappa shape index (κ1) is 16.7. The van der Waals surface area contributed by atoms with Gasteiger partial charge < -0.3 is 4.74 Å². The van der Waals surface area contributed by atoms with Crippen LogP contribution in [0.2, 0.25) is 0 Å². The molecule has 1 heterocycles. The Hall–Kier alpha value is -2.79. The van der Waals surface area contributed by atoms with Crippen LogP contribution in [-0.4, -0.2) is 5.04 Å². The smallest absolute Gasteiger partial charge is 0.126 e. The van der Waals surface area contributed by atoms with Crippen molar-refractivity contribution >= 4 is 16.8 Å². The number of thioether (sulfide) groups is 1. The molecule has 0 saturated heterocycles. The maximum Gasteiger partial charge on any atom is 0.126 e. The van der Waals surface area contributed by atoms with Gasteiger partial charge in [-0.1, -0.05) is 66.4 Å². The van der Waals surface area contributed by atoms with Gasteiger partial charge in [-0.05, 0) is 35.4 Å². The molecule has 0 bridgehead atoms. The van der Waals surface area contributed by atoms with Crippen molar-refractivity contribution in [1.82, 2.24) is 5.43 Å². The standard InChI is InChI=1S/C21H17FN2OS/c22-18-8-4-5-15(13-18)14-25-19-11-9-17(10-12-19)21-24-23-20(26-21)16-6-2-1-3-7-16/h1-13,21,24H,14H2/t21-/m0/s1. The second-order valence-electron chi connectivity index (χ2n) is 5.90. The second kappa shape index (κ2) is 7.62. The third kappa shape index (κ3) is 3.89. The van der Waals surface area contributed by atoms with Gasteiger partial charge in [0.15, 0.2) is 0 Å². The summed E-state index contributed by atoms with van der Waals surface area (Å²) in [6.45, 7) is 0.342. The predicted molar refractivity (Wildman–Crippen MR) is 104 cm³/mol. The van der Waals surface area contributed by atoms with Crippen LogP contribution in [0.1, 0.15) is 22.1 Å². The minimum absolute atomic E-state index is 0.0856. The number of ether oxygens (including phenoxy) is 1. The summed E-state index contributed by atoms with van der Waals surface area (Å²) in [4.78, 5) is 0. The number of halogens is 1. The molecule has 4 rings (SSSR count). The largest absolute Gasteiger partial charge is 0.489 e. The average Bonchev–Trinajstić information content (AvgIpc) is 3.18. The van der Waals surface area contributed by atoms with Crippen LogP contribution in [0.5, 0.6) is 5.75 Å². The Labute approximate surface area is 155 Å². The molecule has 1 aliphatic heterocycles. The van der Waals surface area contributed by atoms with Crippen LogP contribution in [0, 0.1) is 5.82 Å². The molecule has 0 aromatic heterocycles. The molecule has 0 aliphatic carbocycles. The van der Waals surface area contributed by atoms with Crippen LogP contribution in [0.3, 0.4) is 0 Å². The van der Waals surface area contributed by atoms with E-state index in [0.29, 0.717) is 6.61 Å². The lowest BCUT2D eigenvalue weighted by molar-refractivity contribution is 0.305. The third-order valence-electron chi connectivity index (χ3n) is 4.01. The summed E-state index contributed by atoms with van der Waals surface area (Å²) < 4.78 is 18.9. The lowest BCUT2D eigenvalue weighted by Crippen LogP contribution is -2.06. The molecule has 0 radical (unpaired) electrons. The fraction of sp³-hybridized carbons (Fsp3) is 0.0952. The van der Waals surface area contributed by atoms with Gasteiger partial charge in [-0.15, -0.1) is 0 Å². The minimum atomic E-state index is -0.250. The fourth-order valence-corrected chi connectivity index (χ4v) is 3.67. The molecule has 1 N–H and O–H groups in total. The van der Waals surface area contributed by atoms with Crippen molar-refractivity contribution in [3.8, 4) is 5.75 Å². The molecule has 1 atom stereocenters. The highest BCUT2D eigenvalue weighted by atomic mass is 32.2. The molecule has 0 spiro atoms. The van der Waals surface area contributed by atoms with Gasteiger partial charge in [0.1, 0.15) is 28.6 Å². The second-order valence-corrected chi connectivity index (χ2v) is 6.99. The maximum absolute atomic E-state index is 13.2. The first-order chi connectivity index (χ1) is 12.8. The Morgan fingerprint density at radius 3 is 2.54 bits per heavy atom. The number of benzene rings is 3. The van der Waals surface area contributed by atoms with E-state index in [9.17, 15) is 4.39 Å². The average molecular weight is 364 g/mol. The van der Waals surface area contributed by atoms with Gasteiger partial charge in [0.05, 0.1) is 0 Å². The first-order valence-corrected chi connectivity index (χ1v) is 9.18. The summed E-state index contributed by atoms with van der Waals surface area (Å²) in [7, 11) is 0. The Balaban J connectivity index is 1.36. The molecule has 3 aromatic carbocycles. The monoisotopic (exact) mass is 364 g/mol. The Morgan fingerprint density at radius 2 is 1.77 bits per heavy atom. The van der Waals surface area contributed by atoms with Crippen LogP contribution in [0.15, 0.2) is 84.0 Å². The highest BCUT2D eigenvalue weighted by molar-refractivity contribution is 8.14. The normalized spacial score (nSPS) is 16.0. The molecule has 26 heavy (non-hydrogen) atoms. The van der Waals surface area contributed by atoms with Gasteiger partial charge in [-0.3, -0.25) is 5.43 Å². The number of rotatable bonds is 5. The molecular formula is C21H17FN2OS. The van der Waals surface area contributed by atoms with Crippen LogP contribution < -0.4 is 10.2 Å². The molecule has 0 unspecified atom stereocenters. The van der Waals surface area contributed by atoms with Crippen molar-refractivity contribution in [3.63, 3.8) is 0 Å². The van der Waals surface area contributed by atoms with Crippen LogP contribution in [-0.2, 0) is 6.61 Å². The van der Waals surface area contributed by atoms with E-state index in [-0.39, 0.29) is 11.2 Å². The van der Waals surface area contributed by atoms with E-state index in [1.54, 1.807) is 17.8 Å². The topological polar surface area (TPSA) is 33.6 Å². The summed E-state index contributed by atoms with van der Waals surface area (Å²) in [5.41, 5.74) is 6.22. The number of hydrogen-bond acceptors (Lipinski definition) is 4. The predicted octanol–water partition coefficient (Wildman–Crippen LogP) is 5.10. The van der Waals surface area contributed by atoms with Crippen molar-refractivity contribution in [1.29, 1.82) is 0 Å². The zero-order valence-electron chi connectivity index (χ0n) is 13.9. The van der Waals surface area contributed by atoms with Gasteiger partial charge >= 0.3 is 0 Å².